The first-order chi connectivity index (χ1) is 11.3. The molecule has 0 unspecified atom stereocenters. The molecule has 0 aromatic heterocycles. The number of rotatable bonds is 6. The van der Waals surface area contributed by atoms with Gasteiger partial charge in [0.15, 0.2) is 0 Å². The quantitative estimate of drug-likeness (QED) is 0.821. The van der Waals surface area contributed by atoms with Crippen molar-refractivity contribution in [1.29, 1.82) is 0 Å². The van der Waals surface area contributed by atoms with E-state index in [1.54, 1.807) is 30.3 Å². The summed E-state index contributed by atoms with van der Waals surface area (Å²) in [6, 6.07) is 12.4. The molecule has 0 spiro atoms. The average Bonchev–Trinajstić information content (AvgIpc) is 2.54. The van der Waals surface area contributed by atoms with Gasteiger partial charge in [0.05, 0.1) is 15.6 Å². The Morgan fingerprint density at radius 3 is 2.50 bits per heavy atom. The number of amides is 1. The lowest BCUT2D eigenvalue weighted by atomic mass is 10.2. The topological polar surface area (TPSA) is 75.3 Å². The molecule has 128 valence electrons. The molecular weight excluding hydrogens is 348 g/mol. The van der Waals surface area contributed by atoms with E-state index in [4.69, 9.17) is 11.6 Å². The second kappa shape index (κ2) is 7.68. The largest absolute Gasteiger partial charge is 0.352 e. The van der Waals surface area contributed by atoms with E-state index in [1.807, 2.05) is 13.8 Å². The lowest BCUT2D eigenvalue weighted by molar-refractivity contribution is 0.0949. The van der Waals surface area contributed by atoms with Crippen LogP contribution in [0.15, 0.2) is 53.4 Å². The third kappa shape index (κ3) is 4.72. The second-order valence-corrected chi connectivity index (χ2v) is 7.81. The van der Waals surface area contributed by atoms with Crippen LogP contribution in [0.2, 0.25) is 5.02 Å². The Bertz CT molecular complexity index is 835. The molecule has 0 atom stereocenters. The highest BCUT2D eigenvalue weighted by Gasteiger charge is 2.17. The van der Waals surface area contributed by atoms with E-state index in [2.05, 4.69) is 10.0 Å². The van der Waals surface area contributed by atoms with Gasteiger partial charge in [-0.25, -0.2) is 8.42 Å². The molecule has 2 aromatic carbocycles. The molecule has 0 saturated heterocycles. The SMILES string of the molecule is CC(C)CNC(=O)c1cccc(S(=O)(=O)Nc2ccccc2Cl)c1. The van der Waals surface area contributed by atoms with Crippen molar-refractivity contribution in [3.8, 4) is 0 Å². The summed E-state index contributed by atoms with van der Waals surface area (Å²) in [6.07, 6.45) is 0. The summed E-state index contributed by atoms with van der Waals surface area (Å²) in [5.74, 6) is 0.00116. The number of carbonyl (C=O) groups excluding carboxylic acids is 1. The Morgan fingerprint density at radius 2 is 1.83 bits per heavy atom. The predicted octanol–water partition coefficient (Wildman–Crippen LogP) is 3.53. The van der Waals surface area contributed by atoms with E-state index in [-0.39, 0.29) is 22.1 Å². The molecule has 0 aliphatic rings. The first kappa shape index (κ1) is 18.3. The van der Waals surface area contributed by atoms with Crippen LogP contribution in [-0.4, -0.2) is 20.9 Å². The number of anilines is 1. The normalized spacial score (nSPS) is 11.3. The maximum absolute atomic E-state index is 12.5. The highest BCUT2D eigenvalue weighted by Crippen LogP contribution is 2.24. The van der Waals surface area contributed by atoms with Crippen LogP contribution >= 0.6 is 11.6 Å². The maximum atomic E-state index is 12.5. The Morgan fingerprint density at radius 1 is 1.12 bits per heavy atom. The molecule has 0 heterocycles. The highest BCUT2D eigenvalue weighted by molar-refractivity contribution is 7.92. The number of nitrogens with one attached hydrogen (secondary N) is 2. The van der Waals surface area contributed by atoms with Crippen molar-refractivity contribution in [1.82, 2.24) is 5.32 Å². The Labute approximate surface area is 147 Å². The Kier molecular flexibility index (Phi) is 5.85. The van der Waals surface area contributed by atoms with E-state index < -0.39 is 10.0 Å². The molecule has 5 nitrogen and oxygen atoms in total. The predicted molar refractivity (Wildman–Crippen MR) is 95.9 cm³/mol. The third-order valence-electron chi connectivity index (χ3n) is 3.20. The van der Waals surface area contributed by atoms with Crippen molar-refractivity contribution in [2.75, 3.05) is 11.3 Å². The minimum absolute atomic E-state index is 0.000355. The number of hydrogen-bond donors (Lipinski definition) is 2. The minimum Gasteiger partial charge on any atom is -0.352 e. The third-order valence-corrected chi connectivity index (χ3v) is 4.89. The average molecular weight is 367 g/mol. The second-order valence-electron chi connectivity index (χ2n) is 5.72. The van der Waals surface area contributed by atoms with Crippen molar-refractivity contribution in [3.63, 3.8) is 0 Å². The summed E-state index contributed by atoms with van der Waals surface area (Å²) in [5, 5.41) is 3.06. The molecule has 0 aliphatic carbocycles. The molecule has 2 rings (SSSR count). The molecule has 0 fully saturated rings. The van der Waals surface area contributed by atoms with Gasteiger partial charge in [-0.05, 0) is 36.2 Å². The number of sulfonamides is 1. The van der Waals surface area contributed by atoms with Crippen molar-refractivity contribution >= 4 is 33.2 Å². The van der Waals surface area contributed by atoms with Gasteiger partial charge in [0.25, 0.3) is 15.9 Å². The lowest BCUT2D eigenvalue weighted by Gasteiger charge is -2.11. The van der Waals surface area contributed by atoms with Gasteiger partial charge >= 0.3 is 0 Å². The fourth-order valence-corrected chi connectivity index (χ4v) is 3.32. The van der Waals surface area contributed by atoms with E-state index in [9.17, 15) is 13.2 Å². The Balaban J connectivity index is 2.23. The molecule has 1 amide bonds. The summed E-state index contributed by atoms with van der Waals surface area (Å²) < 4.78 is 27.4. The summed E-state index contributed by atoms with van der Waals surface area (Å²) in [7, 11) is -3.84. The van der Waals surface area contributed by atoms with Gasteiger partial charge in [0.2, 0.25) is 0 Å². The summed E-state index contributed by atoms with van der Waals surface area (Å²) in [6.45, 7) is 4.48. The van der Waals surface area contributed by atoms with E-state index in [0.717, 1.165) is 0 Å². The van der Waals surface area contributed by atoms with Gasteiger partial charge in [0.1, 0.15) is 0 Å². The van der Waals surface area contributed by atoms with E-state index >= 15 is 0 Å². The van der Waals surface area contributed by atoms with Gasteiger partial charge in [-0.2, -0.15) is 0 Å². The van der Waals surface area contributed by atoms with Crippen LogP contribution in [0.1, 0.15) is 24.2 Å². The summed E-state index contributed by atoms with van der Waals surface area (Å²) >= 11 is 5.98. The first-order valence-corrected chi connectivity index (χ1v) is 9.31. The zero-order chi connectivity index (χ0) is 17.7. The first-order valence-electron chi connectivity index (χ1n) is 7.45. The van der Waals surface area contributed by atoms with E-state index in [1.165, 1.54) is 18.2 Å². The summed E-state index contributed by atoms with van der Waals surface area (Å²) in [4.78, 5) is 12.1. The zero-order valence-electron chi connectivity index (χ0n) is 13.4. The fourth-order valence-electron chi connectivity index (χ4n) is 1.95. The number of para-hydroxylation sites is 1. The van der Waals surface area contributed by atoms with Gasteiger partial charge in [-0.15, -0.1) is 0 Å². The van der Waals surface area contributed by atoms with Crippen LogP contribution in [0.5, 0.6) is 0 Å². The van der Waals surface area contributed by atoms with Crippen LogP contribution < -0.4 is 10.0 Å². The molecule has 2 N–H and O–H groups in total. The van der Waals surface area contributed by atoms with Gasteiger partial charge in [-0.3, -0.25) is 9.52 Å². The van der Waals surface area contributed by atoms with Crippen LogP contribution in [-0.2, 0) is 10.0 Å². The molecule has 0 bridgehead atoms. The number of carbonyl (C=O) groups is 1. The number of halogens is 1. The smallest absolute Gasteiger partial charge is 0.261 e. The highest BCUT2D eigenvalue weighted by atomic mass is 35.5. The van der Waals surface area contributed by atoms with Crippen molar-refractivity contribution in [3.05, 3.63) is 59.1 Å². The molecule has 7 heteroatoms. The molecule has 2 aromatic rings. The van der Waals surface area contributed by atoms with Crippen LogP contribution in [0.4, 0.5) is 5.69 Å². The van der Waals surface area contributed by atoms with Crippen molar-refractivity contribution in [2.45, 2.75) is 18.7 Å². The fraction of sp³-hybridized carbons (Fsp3) is 0.235. The van der Waals surface area contributed by atoms with Crippen LogP contribution in [0.3, 0.4) is 0 Å². The van der Waals surface area contributed by atoms with E-state index in [0.29, 0.717) is 17.5 Å². The van der Waals surface area contributed by atoms with Crippen molar-refractivity contribution in [2.24, 2.45) is 5.92 Å². The molecule has 0 saturated carbocycles. The van der Waals surface area contributed by atoms with Gasteiger partial charge in [0, 0.05) is 12.1 Å². The zero-order valence-corrected chi connectivity index (χ0v) is 15.0. The van der Waals surface area contributed by atoms with Gasteiger partial charge in [-0.1, -0.05) is 43.6 Å². The molecule has 24 heavy (non-hydrogen) atoms. The standard InChI is InChI=1S/C17H19ClN2O3S/c1-12(2)11-19-17(21)13-6-5-7-14(10-13)24(22,23)20-16-9-4-3-8-15(16)18/h3-10,12,20H,11H2,1-2H3,(H,19,21). The summed E-state index contributed by atoms with van der Waals surface area (Å²) in [5.41, 5.74) is 0.575. The Hall–Kier alpha value is -2.05. The molecule has 0 aliphatic heterocycles. The van der Waals surface area contributed by atoms with Gasteiger partial charge < -0.3 is 5.32 Å². The number of hydrogen-bond acceptors (Lipinski definition) is 3. The minimum atomic E-state index is -3.84. The van der Waals surface area contributed by atoms with Crippen molar-refractivity contribution < 1.29 is 13.2 Å². The monoisotopic (exact) mass is 366 g/mol. The number of benzene rings is 2. The lowest BCUT2D eigenvalue weighted by Crippen LogP contribution is -2.27. The molecule has 0 radical (unpaired) electrons. The maximum Gasteiger partial charge on any atom is 0.261 e. The van der Waals surface area contributed by atoms with Crippen LogP contribution in [0.25, 0.3) is 0 Å². The molecular formula is C17H19ClN2O3S. The van der Waals surface area contributed by atoms with Crippen LogP contribution in [0, 0.1) is 5.92 Å².